The van der Waals surface area contributed by atoms with Gasteiger partial charge in [0.05, 0.1) is 0 Å². The fourth-order valence-electron chi connectivity index (χ4n) is 3.46. The smallest absolute Gasteiger partial charge is 0.307 e. The molecule has 0 aliphatic carbocycles. The fourth-order valence-corrected chi connectivity index (χ4v) is 4.67. The summed E-state index contributed by atoms with van der Waals surface area (Å²) in [6.07, 6.45) is 0.857. The first kappa shape index (κ1) is 16.9. The molecule has 1 aliphatic rings. The number of urea groups is 1. The van der Waals surface area contributed by atoms with Crippen LogP contribution in [0.1, 0.15) is 29.9 Å². The second kappa shape index (κ2) is 6.61. The van der Waals surface area contributed by atoms with Crippen LogP contribution in [0.5, 0.6) is 0 Å². The van der Waals surface area contributed by atoms with Gasteiger partial charge in [0, 0.05) is 29.1 Å². The van der Waals surface area contributed by atoms with Crippen LogP contribution in [0.15, 0.2) is 55.1 Å². The molecule has 0 atom stereocenters. The lowest BCUT2D eigenvalue weighted by atomic mass is 10.0. The molecule has 0 unspecified atom stereocenters. The van der Waals surface area contributed by atoms with E-state index in [-0.39, 0.29) is 6.03 Å². The molecule has 132 valence electrons. The Balaban J connectivity index is 1.72. The van der Waals surface area contributed by atoms with E-state index in [2.05, 4.69) is 74.3 Å². The Hall–Kier alpha value is -2.59. The van der Waals surface area contributed by atoms with Gasteiger partial charge in [-0.05, 0) is 28.3 Å². The molecule has 1 aromatic heterocycles. The summed E-state index contributed by atoms with van der Waals surface area (Å²) in [7, 11) is 0. The molecule has 0 saturated heterocycles. The minimum atomic E-state index is -0.0743. The zero-order valence-corrected chi connectivity index (χ0v) is 15.9. The number of amides is 2. The maximum atomic E-state index is 12.4. The normalized spacial score (nSPS) is 14.0. The van der Waals surface area contributed by atoms with Gasteiger partial charge in [0.1, 0.15) is 5.00 Å². The summed E-state index contributed by atoms with van der Waals surface area (Å²) in [5.74, 6) is 0.406. The van der Waals surface area contributed by atoms with Crippen molar-refractivity contribution in [3.8, 4) is 0 Å². The van der Waals surface area contributed by atoms with Crippen LogP contribution in [0.4, 0.5) is 9.80 Å². The van der Waals surface area contributed by atoms with Crippen LogP contribution in [0, 0.1) is 5.92 Å². The molecule has 0 fully saturated rings. The summed E-state index contributed by atoms with van der Waals surface area (Å²) in [6.45, 7) is 9.00. The lowest BCUT2D eigenvalue weighted by molar-refractivity contribution is 0.248. The van der Waals surface area contributed by atoms with Gasteiger partial charge in [-0.15, -0.1) is 11.3 Å². The van der Waals surface area contributed by atoms with Crippen LogP contribution in [0.25, 0.3) is 16.5 Å². The highest BCUT2D eigenvalue weighted by Gasteiger charge is 2.29. The number of fused-ring (bicyclic) bond motifs is 2. The molecule has 26 heavy (non-hydrogen) atoms. The quantitative estimate of drug-likeness (QED) is 0.639. The van der Waals surface area contributed by atoms with Crippen molar-refractivity contribution in [3.63, 3.8) is 0 Å². The van der Waals surface area contributed by atoms with E-state index in [0.29, 0.717) is 18.2 Å². The standard InChI is InChI=1S/C22H22N2OS/c1-14(2)13-24-21-20(15(3)23-22(24)25)12-18(26-21)11-17-9-6-8-16-7-4-5-10-19(16)17/h4-10,12,14H,3,11,13H2,1-2H3,(H,23,25). The van der Waals surface area contributed by atoms with E-state index < -0.39 is 0 Å². The highest BCUT2D eigenvalue weighted by molar-refractivity contribution is 7.16. The Morgan fingerprint density at radius 2 is 1.92 bits per heavy atom. The summed E-state index contributed by atoms with van der Waals surface area (Å²) in [4.78, 5) is 15.5. The minimum Gasteiger partial charge on any atom is -0.307 e. The largest absolute Gasteiger partial charge is 0.326 e. The molecule has 1 aliphatic heterocycles. The van der Waals surface area contributed by atoms with Gasteiger partial charge in [-0.25, -0.2) is 4.79 Å². The first-order valence-corrected chi connectivity index (χ1v) is 9.71. The van der Waals surface area contributed by atoms with Gasteiger partial charge in [0.15, 0.2) is 0 Å². The molecule has 0 radical (unpaired) electrons. The Morgan fingerprint density at radius 1 is 1.15 bits per heavy atom. The van der Waals surface area contributed by atoms with Crippen LogP contribution in [-0.4, -0.2) is 12.6 Å². The van der Waals surface area contributed by atoms with Crippen molar-refractivity contribution in [2.45, 2.75) is 20.3 Å². The number of carbonyl (C=O) groups is 1. The van der Waals surface area contributed by atoms with E-state index in [0.717, 1.165) is 17.0 Å². The lowest BCUT2D eigenvalue weighted by Crippen LogP contribution is -2.44. The second-order valence-electron chi connectivity index (χ2n) is 7.16. The molecule has 1 N–H and O–H groups in total. The monoisotopic (exact) mass is 362 g/mol. The van der Waals surface area contributed by atoms with E-state index in [1.54, 1.807) is 11.3 Å². The van der Waals surface area contributed by atoms with Gasteiger partial charge >= 0.3 is 6.03 Å². The number of thiophene rings is 1. The van der Waals surface area contributed by atoms with Gasteiger partial charge in [0.25, 0.3) is 0 Å². The molecular weight excluding hydrogens is 340 g/mol. The van der Waals surface area contributed by atoms with E-state index in [4.69, 9.17) is 0 Å². The predicted molar refractivity (Wildman–Crippen MR) is 111 cm³/mol. The topological polar surface area (TPSA) is 32.3 Å². The third-order valence-corrected chi connectivity index (χ3v) is 5.79. The Morgan fingerprint density at radius 3 is 2.73 bits per heavy atom. The maximum absolute atomic E-state index is 12.4. The van der Waals surface area contributed by atoms with Crippen molar-refractivity contribution < 1.29 is 4.79 Å². The molecule has 2 heterocycles. The maximum Gasteiger partial charge on any atom is 0.326 e. The molecule has 0 bridgehead atoms. The number of hydrogen-bond acceptors (Lipinski definition) is 2. The Bertz CT molecular complexity index is 997. The first-order valence-electron chi connectivity index (χ1n) is 8.90. The van der Waals surface area contributed by atoms with Gasteiger partial charge in [-0.1, -0.05) is 62.9 Å². The van der Waals surface area contributed by atoms with E-state index >= 15 is 0 Å². The van der Waals surface area contributed by atoms with Gasteiger partial charge < -0.3 is 5.32 Å². The molecule has 2 aromatic carbocycles. The summed E-state index contributed by atoms with van der Waals surface area (Å²) in [5.41, 5.74) is 3.05. The molecule has 2 amide bonds. The summed E-state index contributed by atoms with van der Waals surface area (Å²) in [5, 5.41) is 6.46. The van der Waals surface area contributed by atoms with Crippen molar-refractivity contribution in [1.82, 2.24) is 5.32 Å². The van der Waals surface area contributed by atoms with E-state index in [1.807, 2.05) is 4.90 Å². The number of benzene rings is 2. The number of nitrogens with one attached hydrogen (secondary N) is 1. The average Bonchev–Trinajstić information content (AvgIpc) is 3.03. The molecule has 0 saturated carbocycles. The van der Waals surface area contributed by atoms with Gasteiger partial charge in [0.2, 0.25) is 0 Å². The predicted octanol–water partition coefficient (Wildman–Crippen LogP) is 5.65. The van der Waals surface area contributed by atoms with Crippen LogP contribution in [0.2, 0.25) is 0 Å². The molecule has 3 aromatic rings. The minimum absolute atomic E-state index is 0.0743. The summed E-state index contributed by atoms with van der Waals surface area (Å²) >= 11 is 1.70. The van der Waals surface area contributed by atoms with Crippen LogP contribution in [-0.2, 0) is 6.42 Å². The van der Waals surface area contributed by atoms with Crippen molar-refractivity contribution in [3.05, 3.63) is 71.1 Å². The van der Waals surface area contributed by atoms with E-state index in [9.17, 15) is 4.79 Å². The fraction of sp³-hybridized carbons (Fsp3) is 0.227. The van der Waals surface area contributed by atoms with Crippen molar-refractivity contribution >= 4 is 38.8 Å². The van der Waals surface area contributed by atoms with Crippen molar-refractivity contribution in [2.24, 2.45) is 5.92 Å². The highest BCUT2D eigenvalue weighted by Crippen LogP contribution is 2.39. The van der Waals surface area contributed by atoms with Crippen LogP contribution in [0.3, 0.4) is 0 Å². The molecule has 3 nitrogen and oxygen atoms in total. The molecular formula is C22H22N2OS. The van der Waals surface area contributed by atoms with Crippen LogP contribution >= 0.6 is 11.3 Å². The van der Waals surface area contributed by atoms with Crippen molar-refractivity contribution in [1.29, 1.82) is 0 Å². The van der Waals surface area contributed by atoms with Crippen LogP contribution < -0.4 is 10.2 Å². The molecule has 4 rings (SSSR count). The zero-order chi connectivity index (χ0) is 18.3. The molecule has 0 spiro atoms. The lowest BCUT2D eigenvalue weighted by Gasteiger charge is -2.29. The number of nitrogens with zero attached hydrogens (tertiary/aromatic N) is 1. The van der Waals surface area contributed by atoms with E-state index in [1.165, 1.54) is 21.2 Å². The number of anilines is 1. The van der Waals surface area contributed by atoms with Crippen molar-refractivity contribution in [2.75, 3.05) is 11.4 Å². The Labute approximate surface area is 158 Å². The zero-order valence-electron chi connectivity index (χ0n) is 15.1. The SMILES string of the molecule is C=C1NC(=O)N(CC(C)C)c2sc(Cc3cccc4ccccc34)cc21. The average molecular weight is 362 g/mol. The summed E-state index contributed by atoms with van der Waals surface area (Å²) in [6, 6.07) is 17.0. The summed E-state index contributed by atoms with van der Waals surface area (Å²) < 4.78 is 0. The molecule has 4 heteroatoms. The first-order chi connectivity index (χ1) is 12.5. The number of hydrogen-bond donors (Lipinski definition) is 1. The third-order valence-electron chi connectivity index (χ3n) is 4.63. The Kier molecular flexibility index (Phi) is 4.29. The number of rotatable bonds is 4. The van der Waals surface area contributed by atoms with Gasteiger partial charge in [-0.2, -0.15) is 0 Å². The third kappa shape index (κ3) is 3.01. The number of carbonyl (C=O) groups excluding carboxylic acids is 1. The van der Waals surface area contributed by atoms with Gasteiger partial charge in [-0.3, -0.25) is 4.90 Å². The second-order valence-corrected chi connectivity index (χ2v) is 8.27. The highest BCUT2D eigenvalue weighted by atomic mass is 32.1.